The van der Waals surface area contributed by atoms with Crippen LogP contribution in [0.5, 0.6) is 5.88 Å². The summed E-state index contributed by atoms with van der Waals surface area (Å²) in [5.74, 6) is 0.467. The van der Waals surface area contributed by atoms with E-state index in [1.165, 1.54) is 18.3 Å². The lowest BCUT2D eigenvalue weighted by Gasteiger charge is -2.35. The number of halogens is 1. The molecule has 2 aromatic heterocycles. The van der Waals surface area contributed by atoms with E-state index < -0.39 is 21.6 Å². The number of carbonyl (C=O) groups is 1. The average Bonchev–Trinajstić information content (AvgIpc) is 3.47. The van der Waals surface area contributed by atoms with Crippen molar-refractivity contribution >= 4 is 21.6 Å². The quantitative estimate of drug-likeness (QED) is 0.345. The summed E-state index contributed by atoms with van der Waals surface area (Å²) in [6.45, 7) is 10.7. The van der Waals surface area contributed by atoms with Gasteiger partial charge in [-0.05, 0) is 71.4 Å². The number of carbonyl (C=O) groups excluding carboxylic acids is 1. The monoisotopic (exact) mass is 583 g/mol. The number of nitrogens with one attached hydrogen (secondary N) is 1. The molecule has 3 aromatic rings. The van der Waals surface area contributed by atoms with E-state index in [0.717, 1.165) is 19.3 Å². The summed E-state index contributed by atoms with van der Waals surface area (Å²) < 4.78 is 50.0. The molecule has 1 atom stereocenters. The minimum atomic E-state index is -4.07. The lowest BCUT2D eigenvalue weighted by molar-refractivity contribution is 0.0834. The molecule has 2 aliphatic rings. The number of hydrogen-bond donors (Lipinski definition) is 1. The molecule has 1 saturated heterocycles. The fourth-order valence-corrected chi connectivity index (χ4v) is 6.95. The van der Waals surface area contributed by atoms with Crippen LogP contribution in [0.3, 0.4) is 0 Å². The van der Waals surface area contributed by atoms with Crippen LogP contribution in [0, 0.1) is 11.3 Å². The van der Waals surface area contributed by atoms with Gasteiger partial charge in [0.1, 0.15) is 5.67 Å². The number of benzene rings is 1. The normalized spacial score (nSPS) is 19.7. The topological polar surface area (TPSA) is 106 Å². The Kier molecular flexibility index (Phi) is 7.38. The zero-order valence-electron chi connectivity index (χ0n) is 24.2. The highest BCUT2D eigenvalue weighted by Gasteiger charge is 2.54. The Bertz CT molecular complexity index is 1530. The van der Waals surface area contributed by atoms with E-state index in [9.17, 15) is 17.6 Å². The minimum Gasteiger partial charge on any atom is -0.477 e. The van der Waals surface area contributed by atoms with Crippen LogP contribution in [0.15, 0.2) is 59.8 Å². The maximum atomic E-state index is 14.5. The Morgan fingerprint density at radius 2 is 1.90 bits per heavy atom. The molecular formula is C30H38FN5O4S. The Morgan fingerprint density at radius 1 is 1.20 bits per heavy atom. The molecule has 1 saturated carbocycles. The fraction of sp³-hybridized carbons (Fsp3) is 0.500. The Labute approximate surface area is 241 Å². The van der Waals surface area contributed by atoms with Crippen molar-refractivity contribution in [3.05, 3.63) is 60.4 Å². The van der Waals surface area contributed by atoms with E-state index in [-0.39, 0.29) is 21.4 Å². The first-order chi connectivity index (χ1) is 19.2. The molecule has 0 unspecified atom stereocenters. The van der Waals surface area contributed by atoms with Gasteiger partial charge in [-0.3, -0.25) is 4.79 Å². The van der Waals surface area contributed by atoms with Crippen molar-refractivity contribution in [2.75, 3.05) is 18.1 Å². The standard InChI is InChI=1S/C30H38FN5O4S/c1-21-18-28(2,3)35(20-21)24-17-25(32-19-23(24)27(37)34-41(38,39)22-9-7-6-8-10-22)36-15-11-26(33-36)40-16-14-30(12-13-30)29(4,5)31/h6-11,15,17,19,21H,12-14,16,18,20H2,1-5H3,(H,34,37)/t21-/m0/s1. The number of hydrogen-bond acceptors (Lipinski definition) is 7. The molecular weight excluding hydrogens is 545 g/mol. The minimum absolute atomic E-state index is 0.00126. The molecule has 1 aliphatic heterocycles. The van der Waals surface area contributed by atoms with E-state index >= 15 is 0 Å². The molecule has 2 fully saturated rings. The molecule has 5 rings (SSSR count). The molecule has 1 aromatic carbocycles. The number of aromatic nitrogens is 3. The number of amides is 1. The molecule has 0 bridgehead atoms. The molecule has 9 nitrogen and oxygen atoms in total. The van der Waals surface area contributed by atoms with Crippen LogP contribution in [0.1, 0.15) is 70.7 Å². The summed E-state index contributed by atoms with van der Waals surface area (Å²) in [5, 5.41) is 4.50. The predicted molar refractivity (Wildman–Crippen MR) is 155 cm³/mol. The van der Waals surface area contributed by atoms with E-state index in [1.807, 2.05) is 0 Å². The SMILES string of the molecule is C[C@@H]1CN(c2cc(-n3ccc(OCCC4(C(C)(C)F)CC4)n3)ncc2C(=O)NS(=O)(=O)c2ccccc2)C(C)(C)C1. The van der Waals surface area contributed by atoms with Gasteiger partial charge in [-0.25, -0.2) is 27.2 Å². The van der Waals surface area contributed by atoms with Crippen molar-refractivity contribution < 1.29 is 22.3 Å². The smallest absolute Gasteiger partial charge is 0.268 e. The van der Waals surface area contributed by atoms with Crippen LogP contribution in [-0.4, -0.2) is 53.4 Å². The van der Waals surface area contributed by atoms with E-state index in [2.05, 4.69) is 40.5 Å². The lowest BCUT2D eigenvalue weighted by atomic mass is 9.86. The first-order valence-corrected chi connectivity index (χ1v) is 15.5. The van der Waals surface area contributed by atoms with Gasteiger partial charge in [0.05, 0.1) is 22.8 Å². The highest BCUT2D eigenvalue weighted by atomic mass is 32.2. The molecule has 0 spiro atoms. The maximum absolute atomic E-state index is 14.5. The third-order valence-electron chi connectivity index (χ3n) is 8.50. The number of sulfonamides is 1. The summed E-state index contributed by atoms with van der Waals surface area (Å²) in [6, 6.07) is 11.2. The molecule has 3 heterocycles. The first kappa shape index (κ1) is 29.0. The highest BCUT2D eigenvalue weighted by Crippen LogP contribution is 2.58. The predicted octanol–water partition coefficient (Wildman–Crippen LogP) is 5.31. The second-order valence-electron chi connectivity index (χ2n) is 12.5. The van der Waals surface area contributed by atoms with Crippen molar-refractivity contribution in [3.63, 3.8) is 0 Å². The summed E-state index contributed by atoms with van der Waals surface area (Å²) in [4.78, 5) is 20.0. The zero-order valence-corrected chi connectivity index (χ0v) is 25.0. The van der Waals surface area contributed by atoms with Gasteiger partial charge in [-0.1, -0.05) is 25.1 Å². The fourth-order valence-electron chi connectivity index (χ4n) is 5.96. The lowest BCUT2D eigenvalue weighted by Crippen LogP contribution is -2.40. The number of alkyl halides is 1. The number of ether oxygens (including phenoxy) is 1. The van der Waals surface area contributed by atoms with Gasteiger partial charge in [0.2, 0.25) is 5.88 Å². The second-order valence-corrected chi connectivity index (χ2v) is 14.2. The van der Waals surface area contributed by atoms with Crippen LogP contribution in [-0.2, 0) is 10.0 Å². The molecule has 1 amide bonds. The van der Waals surface area contributed by atoms with Gasteiger partial charge in [0.15, 0.2) is 5.82 Å². The van der Waals surface area contributed by atoms with Gasteiger partial charge in [0, 0.05) is 42.0 Å². The van der Waals surface area contributed by atoms with Gasteiger partial charge in [0.25, 0.3) is 15.9 Å². The summed E-state index contributed by atoms with van der Waals surface area (Å²) in [7, 11) is -4.07. The van der Waals surface area contributed by atoms with Crippen molar-refractivity contribution in [1.82, 2.24) is 19.5 Å². The molecule has 11 heteroatoms. The molecule has 41 heavy (non-hydrogen) atoms. The summed E-state index contributed by atoms with van der Waals surface area (Å²) in [6.07, 6.45) is 6.35. The molecule has 1 N–H and O–H groups in total. The van der Waals surface area contributed by atoms with E-state index in [0.29, 0.717) is 42.9 Å². The second kappa shape index (κ2) is 10.4. The van der Waals surface area contributed by atoms with Crippen molar-refractivity contribution in [2.45, 2.75) is 76.4 Å². The van der Waals surface area contributed by atoms with Crippen LogP contribution in [0.25, 0.3) is 5.82 Å². The van der Waals surface area contributed by atoms with Crippen LogP contribution in [0.2, 0.25) is 0 Å². The Morgan fingerprint density at radius 3 is 2.51 bits per heavy atom. The van der Waals surface area contributed by atoms with Gasteiger partial charge in [-0.15, -0.1) is 5.10 Å². The third-order valence-corrected chi connectivity index (χ3v) is 9.85. The number of rotatable bonds is 10. The number of anilines is 1. The summed E-state index contributed by atoms with van der Waals surface area (Å²) >= 11 is 0. The zero-order chi connectivity index (χ0) is 29.6. The first-order valence-electron chi connectivity index (χ1n) is 14.0. The largest absolute Gasteiger partial charge is 0.477 e. The van der Waals surface area contributed by atoms with Crippen LogP contribution in [0.4, 0.5) is 10.1 Å². The average molecular weight is 584 g/mol. The Balaban J connectivity index is 1.40. The number of nitrogens with zero attached hydrogens (tertiary/aromatic N) is 4. The van der Waals surface area contributed by atoms with Crippen molar-refractivity contribution in [3.8, 4) is 11.7 Å². The summed E-state index contributed by atoms with van der Waals surface area (Å²) in [5.41, 5.74) is -1.11. The van der Waals surface area contributed by atoms with Crippen LogP contribution < -0.4 is 14.4 Å². The van der Waals surface area contributed by atoms with Gasteiger partial charge >= 0.3 is 0 Å². The van der Waals surface area contributed by atoms with E-state index in [1.54, 1.807) is 55.1 Å². The maximum Gasteiger partial charge on any atom is 0.268 e. The van der Waals surface area contributed by atoms with E-state index in [4.69, 9.17) is 4.74 Å². The molecule has 0 radical (unpaired) electrons. The third kappa shape index (κ3) is 5.95. The van der Waals surface area contributed by atoms with Crippen LogP contribution >= 0.6 is 0 Å². The molecule has 220 valence electrons. The van der Waals surface area contributed by atoms with Crippen molar-refractivity contribution in [1.29, 1.82) is 0 Å². The number of pyridine rings is 1. The highest BCUT2D eigenvalue weighted by molar-refractivity contribution is 7.90. The van der Waals surface area contributed by atoms with Crippen molar-refractivity contribution in [2.24, 2.45) is 11.3 Å². The van der Waals surface area contributed by atoms with Gasteiger partial charge in [-0.2, -0.15) is 0 Å². The molecule has 1 aliphatic carbocycles. The van der Waals surface area contributed by atoms with Gasteiger partial charge < -0.3 is 9.64 Å². The Hall–Kier alpha value is -3.47.